The molecule has 1 fully saturated rings. The number of aromatic amines is 1. The summed E-state index contributed by atoms with van der Waals surface area (Å²) in [4.78, 5) is 38.4. The number of aliphatic hydroxyl groups is 1. The van der Waals surface area contributed by atoms with Crippen molar-refractivity contribution in [2.75, 3.05) is 13.1 Å². The normalized spacial score (nSPS) is 20.0. The number of fused-ring (bicyclic) bond motifs is 1. The van der Waals surface area contributed by atoms with Crippen LogP contribution in [0.1, 0.15) is 20.8 Å². The van der Waals surface area contributed by atoms with Gasteiger partial charge in [0.1, 0.15) is 4.83 Å². The van der Waals surface area contributed by atoms with Crippen molar-refractivity contribution in [1.82, 2.24) is 19.9 Å². The predicted octanol–water partition coefficient (Wildman–Crippen LogP) is 1.36. The molecule has 7 nitrogen and oxygen atoms in total. The number of hydrogen-bond donors (Lipinski definition) is 2. The Hall–Kier alpha value is -2.58. The first kappa shape index (κ1) is 16.9. The summed E-state index contributed by atoms with van der Waals surface area (Å²) in [5.74, 6) is -0.168. The van der Waals surface area contributed by atoms with E-state index in [1.54, 1.807) is 24.2 Å². The van der Waals surface area contributed by atoms with E-state index in [0.717, 1.165) is 5.56 Å². The number of carbonyl (C=O) groups excluding carboxylic acids is 1. The predicted molar refractivity (Wildman–Crippen MR) is 98.3 cm³/mol. The number of aliphatic hydroxyl groups excluding tert-OH is 1. The maximum atomic E-state index is 13.0. The molecule has 3 aromatic heterocycles. The number of aromatic nitrogens is 3. The third kappa shape index (κ3) is 2.91. The van der Waals surface area contributed by atoms with Gasteiger partial charge in [0.2, 0.25) is 0 Å². The molecule has 134 valence electrons. The Morgan fingerprint density at radius 1 is 1.38 bits per heavy atom. The molecule has 8 heteroatoms. The van der Waals surface area contributed by atoms with Gasteiger partial charge in [0.05, 0.1) is 22.7 Å². The standard InChI is InChI=1S/C18H18N4O3S/c1-10-14-16(24)20-9-21-17(14)26-15(10)18(25)22-7-12(13(23)8-22)6-11-2-4-19-5-3-11/h2-5,9,12-13,23H,6-8H2,1H3,(H,20,21,24)/t12-,13-/m1/s1. The van der Waals surface area contributed by atoms with Crippen molar-refractivity contribution in [2.45, 2.75) is 19.4 Å². The number of hydrogen-bond acceptors (Lipinski definition) is 6. The molecule has 0 spiro atoms. The summed E-state index contributed by atoms with van der Waals surface area (Å²) < 4.78 is 0. The molecule has 1 saturated heterocycles. The summed E-state index contributed by atoms with van der Waals surface area (Å²) in [7, 11) is 0. The Labute approximate surface area is 153 Å². The van der Waals surface area contributed by atoms with Gasteiger partial charge in [-0.1, -0.05) is 0 Å². The maximum Gasteiger partial charge on any atom is 0.264 e. The maximum absolute atomic E-state index is 13.0. The van der Waals surface area contributed by atoms with Gasteiger partial charge in [-0.15, -0.1) is 11.3 Å². The highest BCUT2D eigenvalue weighted by Crippen LogP contribution is 2.30. The van der Waals surface area contributed by atoms with Crippen LogP contribution in [0.2, 0.25) is 0 Å². The largest absolute Gasteiger partial charge is 0.391 e. The number of nitrogens with zero attached hydrogens (tertiary/aromatic N) is 3. The average molecular weight is 370 g/mol. The molecule has 1 amide bonds. The van der Waals surface area contributed by atoms with Crippen LogP contribution in [-0.2, 0) is 6.42 Å². The number of H-pyrrole nitrogens is 1. The lowest BCUT2D eigenvalue weighted by Gasteiger charge is -2.15. The fourth-order valence-electron chi connectivity index (χ4n) is 3.47. The first-order valence-electron chi connectivity index (χ1n) is 8.37. The summed E-state index contributed by atoms with van der Waals surface area (Å²) >= 11 is 1.23. The molecular formula is C18H18N4O3S. The summed E-state index contributed by atoms with van der Waals surface area (Å²) in [5, 5.41) is 10.9. The van der Waals surface area contributed by atoms with E-state index < -0.39 is 6.10 Å². The lowest BCUT2D eigenvalue weighted by molar-refractivity contribution is 0.0769. The minimum atomic E-state index is -0.566. The second-order valence-corrected chi connectivity index (χ2v) is 7.56. The Bertz CT molecular complexity index is 1010. The van der Waals surface area contributed by atoms with E-state index in [9.17, 15) is 14.7 Å². The lowest BCUT2D eigenvalue weighted by atomic mass is 9.97. The molecule has 4 rings (SSSR count). The molecule has 4 heterocycles. The molecule has 0 unspecified atom stereocenters. The summed E-state index contributed by atoms with van der Waals surface area (Å²) in [6, 6.07) is 3.84. The first-order valence-corrected chi connectivity index (χ1v) is 9.19. The molecule has 26 heavy (non-hydrogen) atoms. The van der Waals surface area contributed by atoms with Crippen molar-refractivity contribution < 1.29 is 9.90 Å². The molecule has 1 aliphatic rings. The van der Waals surface area contributed by atoms with E-state index in [2.05, 4.69) is 15.0 Å². The fourth-order valence-corrected chi connectivity index (χ4v) is 4.59. The van der Waals surface area contributed by atoms with Crippen LogP contribution >= 0.6 is 11.3 Å². The number of thiophene rings is 1. The minimum Gasteiger partial charge on any atom is -0.391 e. The van der Waals surface area contributed by atoms with Crippen molar-refractivity contribution >= 4 is 27.5 Å². The van der Waals surface area contributed by atoms with E-state index in [-0.39, 0.29) is 17.4 Å². The Morgan fingerprint density at radius 3 is 2.88 bits per heavy atom. The van der Waals surface area contributed by atoms with Crippen LogP contribution in [0, 0.1) is 12.8 Å². The highest BCUT2D eigenvalue weighted by molar-refractivity contribution is 7.20. The number of rotatable bonds is 3. The first-order chi connectivity index (χ1) is 12.5. The number of pyridine rings is 1. The number of likely N-dealkylation sites (tertiary alicyclic amines) is 1. The molecule has 0 bridgehead atoms. The highest BCUT2D eigenvalue weighted by Gasteiger charge is 2.35. The summed E-state index contributed by atoms with van der Waals surface area (Å²) in [6.45, 7) is 2.55. The minimum absolute atomic E-state index is 0.0161. The van der Waals surface area contributed by atoms with Crippen molar-refractivity contribution in [3.8, 4) is 0 Å². The fraction of sp³-hybridized carbons (Fsp3) is 0.333. The van der Waals surface area contributed by atoms with Crippen LogP contribution in [-0.4, -0.2) is 50.1 Å². The van der Waals surface area contributed by atoms with E-state index in [4.69, 9.17) is 0 Å². The second kappa shape index (κ2) is 6.62. The zero-order chi connectivity index (χ0) is 18.3. The number of nitrogens with one attached hydrogen (secondary N) is 1. The lowest BCUT2D eigenvalue weighted by Crippen LogP contribution is -2.29. The Balaban J connectivity index is 1.57. The van der Waals surface area contributed by atoms with Crippen LogP contribution in [0.4, 0.5) is 0 Å². The van der Waals surface area contributed by atoms with Crippen molar-refractivity contribution in [3.05, 3.63) is 57.2 Å². The van der Waals surface area contributed by atoms with Crippen LogP contribution in [0.15, 0.2) is 35.6 Å². The quantitative estimate of drug-likeness (QED) is 0.725. The van der Waals surface area contributed by atoms with Crippen LogP contribution in [0.25, 0.3) is 10.2 Å². The molecule has 0 aliphatic carbocycles. The summed E-state index contributed by atoms with van der Waals surface area (Å²) in [5.41, 5.74) is 1.50. The summed E-state index contributed by atoms with van der Waals surface area (Å²) in [6.07, 6.45) is 4.93. The van der Waals surface area contributed by atoms with Gasteiger partial charge in [-0.3, -0.25) is 14.6 Å². The van der Waals surface area contributed by atoms with E-state index >= 15 is 0 Å². The SMILES string of the molecule is Cc1c(C(=O)N2C[C@@H](Cc3ccncc3)[C@H](O)C2)sc2nc[nH]c(=O)c12. The highest BCUT2D eigenvalue weighted by atomic mass is 32.1. The van der Waals surface area contributed by atoms with Crippen LogP contribution in [0.3, 0.4) is 0 Å². The molecule has 0 saturated carbocycles. The van der Waals surface area contributed by atoms with Crippen molar-refractivity contribution in [2.24, 2.45) is 5.92 Å². The van der Waals surface area contributed by atoms with E-state index in [0.29, 0.717) is 40.2 Å². The molecule has 1 aliphatic heterocycles. The number of aryl methyl sites for hydroxylation is 1. The van der Waals surface area contributed by atoms with Gasteiger partial charge in [-0.2, -0.15) is 0 Å². The van der Waals surface area contributed by atoms with Gasteiger partial charge in [-0.05, 0) is 36.6 Å². The average Bonchev–Trinajstić information content (AvgIpc) is 3.17. The number of carbonyl (C=O) groups is 1. The smallest absolute Gasteiger partial charge is 0.264 e. The van der Waals surface area contributed by atoms with Gasteiger partial charge in [0.25, 0.3) is 11.5 Å². The zero-order valence-corrected chi connectivity index (χ0v) is 15.0. The molecule has 3 aromatic rings. The van der Waals surface area contributed by atoms with E-state index in [1.807, 2.05) is 12.1 Å². The molecule has 0 aromatic carbocycles. The van der Waals surface area contributed by atoms with Crippen molar-refractivity contribution in [1.29, 1.82) is 0 Å². The van der Waals surface area contributed by atoms with E-state index in [1.165, 1.54) is 17.7 Å². The molecule has 2 atom stereocenters. The molecular weight excluding hydrogens is 352 g/mol. The zero-order valence-electron chi connectivity index (χ0n) is 14.2. The monoisotopic (exact) mass is 370 g/mol. The van der Waals surface area contributed by atoms with Crippen LogP contribution < -0.4 is 5.56 Å². The Morgan fingerprint density at radius 2 is 2.15 bits per heavy atom. The topological polar surface area (TPSA) is 99.2 Å². The van der Waals surface area contributed by atoms with Crippen molar-refractivity contribution in [3.63, 3.8) is 0 Å². The Kier molecular flexibility index (Phi) is 4.29. The molecule has 2 N–H and O–H groups in total. The molecule has 0 radical (unpaired) electrons. The van der Waals surface area contributed by atoms with Gasteiger partial charge >= 0.3 is 0 Å². The van der Waals surface area contributed by atoms with Gasteiger partial charge < -0.3 is 15.0 Å². The second-order valence-electron chi connectivity index (χ2n) is 6.57. The van der Waals surface area contributed by atoms with Gasteiger partial charge in [-0.25, -0.2) is 4.98 Å². The van der Waals surface area contributed by atoms with Gasteiger partial charge in [0, 0.05) is 31.4 Å². The number of β-amino-alcohol motifs (C(OH)–C–C–N with tert-alkyl or cyclic N) is 1. The number of amides is 1. The van der Waals surface area contributed by atoms with Gasteiger partial charge in [0.15, 0.2) is 0 Å². The van der Waals surface area contributed by atoms with Crippen LogP contribution in [0.5, 0.6) is 0 Å². The third-order valence-corrected chi connectivity index (χ3v) is 6.06. The third-order valence-electron chi connectivity index (χ3n) is 4.87.